The van der Waals surface area contributed by atoms with Crippen LogP contribution in [0.2, 0.25) is 0 Å². The van der Waals surface area contributed by atoms with Crippen molar-refractivity contribution in [3.05, 3.63) is 40.3 Å². The van der Waals surface area contributed by atoms with Crippen LogP contribution >= 0.6 is 11.3 Å². The number of hydrogen-bond donors (Lipinski definition) is 0. The summed E-state index contributed by atoms with van der Waals surface area (Å²) in [4.78, 5) is 1.94. The third kappa shape index (κ3) is 3.55. The Labute approximate surface area is 141 Å². The molecular weight excluding hydrogens is 363 g/mol. The van der Waals surface area contributed by atoms with Crippen molar-refractivity contribution in [3.8, 4) is 22.3 Å². The van der Waals surface area contributed by atoms with E-state index in [4.69, 9.17) is 5.26 Å². The van der Waals surface area contributed by atoms with Gasteiger partial charge in [0.25, 0.3) is 0 Å². The average Bonchev–Trinajstić information content (AvgIpc) is 2.87. The SMILES string of the molecule is CCc1cc(-c2ccc(OS(=O)(=O)C(F)(F)F)c(C#N)c2)sc1C. The standard InChI is InChI=1S/C15H12F3NO3S2/c1-3-10-7-14(23-9(10)2)11-4-5-13(12(6-11)8-19)22-24(20,21)15(16,17)18/h4-7H,3H2,1-2H3. The van der Waals surface area contributed by atoms with Gasteiger partial charge in [0.15, 0.2) is 5.75 Å². The zero-order chi connectivity index (χ0) is 18.1. The molecule has 0 aliphatic carbocycles. The second-order valence-electron chi connectivity index (χ2n) is 4.85. The van der Waals surface area contributed by atoms with Gasteiger partial charge in [-0.15, -0.1) is 11.3 Å². The van der Waals surface area contributed by atoms with E-state index in [0.29, 0.717) is 5.56 Å². The third-order valence-corrected chi connectivity index (χ3v) is 5.38. The molecule has 0 aliphatic rings. The summed E-state index contributed by atoms with van der Waals surface area (Å²) in [5, 5.41) is 9.09. The summed E-state index contributed by atoms with van der Waals surface area (Å²) in [6.45, 7) is 3.95. The second kappa shape index (κ2) is 6.45. The number of thiophene rings is 1. The van der Waals surface area contributed by atoms with E-state index in [1.807, 2.05) is 19.9 Å². The molecule has 0 unspecified atom stereocenters. The molecule has 0 amide bonds. The number of alkyl halides is 3. The van der Waals surface area contributed by atoms with Crippen LogP contribution in [0.15, 0.2) is 24.3 Å². The fourth-order valence-electron chi connectivity index (χ4n) is 2.02. The van der Waals surface area contributed by atoms with Gasteiger partial charge < -0.3 is 4.18 Å². The van der Waals surface area contributed by atoms with Gasteiger partial charge in [-0.05, 0) is 48.7 Å². The van der Waals surface area contributed by atoms with Crippen LogP contribution < -0.4 is 4.18 Å². The van der Waals surface area contributed by atoms with Gasteiger partial charge >= 0.3 is 15.6 Å². The van der Waals surface area contributed by atoms with Crippen molar-refractivity contribution in [2.75, 3.05) is 0 Å². The quantitative estimate of drug-likeness (QED) is 0.587. The summed E-state index contributed by atoms with van der Waals surface area (Å²) < 4.78 is 63.4. The summed E-state index contributed by atoms with van der Waals surface area (Å²) in [6.07, 6.45) is 0.832. The molecule has 0 fully saturated rings. The van der Waals surface area contributed by atoms with Gasteiger partial charge in [0.2, 0.25) is 0 Å². The number of hydrogen-bond acceptors (Lipinski definition) is 5. The first-order valence-corrected chi connectivity index (χ1v) is 8.96. The summed E-state index contributed by atoms with van der Waals surface area (Å²) in [5.41, 5.74) is -4.10. The van der Waals surface area contributed by atoms with Gasteiger partial charge in [0.1, 0.15) is 6.07 Å². The predicted molar refractivity (Wildman–Crippen MR) is 84.2 cm³/mol. The first kappa shape index (κ1) is 18.3. The predicted octanol–water partition coefficient (Wildman–Crippen LogP) is 4.39. The zero-order valence-corrected chi connectivity index (χ0v) is 14.3. The fraction of sp³-hybridized carbons (Fsp3) is 0.267. The minimum Gasteiger partial charge on any atom is -0.375 e. The van der Waals surface area contributed by atoms with Crippen molar-refractivity contribution in [1.82, 2.24) is 0 Å². The Hall–Kier alpha value is -2.05. The largest absolute Gasteiger partial charge is 0.534 e. The van der Waals surface area contributed by atoms with E-state index in [1.165, 1.54) is 23.5 Å². The number of halogens is 3. The van der Waals surface area contributed by atoms with Crippen LogP contribution in [-0.2, 0) is 16.5 Å². The molecule has 2 rings (SSSR count). The highest BCUT2D eigenvalue weighted by molar-refractivity contribution is 7.88. The number of benzene rings is 1. The lowest BCUT2D eigenvalue weighted by atomic mass is 10.1. The molecule has 128 valence electrons. The van der Waals surface area contributed by atoms with Crippen LogP contribution in [0, 0.1) is 18.3 Å². The Balaban J connectivity index is 2.43. The summed E-state index contributed by atoms with van der Waals surface area (Å²) in [7, 11) is -5.82. The molecule has 24 heavy (non-hydrogen) atoms. The zero-order valence-electron chi connectivity index (χ0n) is 12.6. The Kier molecular flexibility index (Phi) is 4.92. The Morgan fingerprint density at radius 1 is 1.29 bits per heavy atom. The molecular formula is C15H12F3NO3S2. The minimum absolute atomic E-state index is 0.288. The van der Waals surface area contributed by atoms with Gasteiger partial charge in [0, 0.05) is 9.75 Å². The van der Waals surface area contributed by atoms with Crippen LogP contribution in [0.25, 0.3) is 10.4 Å². The van der Waals surface area contributed by atoms with Gasteiger partial charge in [-0.1, -0.05) is 6.92 Å². The number of nitriles is 1. The van der Waals surface area contributed by atoms with E-state index < -0.39 is 21.4 Å². The van der Waals surface area contributed by atoms with Crippen molar-refractivity contribution in [2.45, 2.75) is 25.8 Å². The summed E-state index contributed by atoms with van der Waals surface area (Å²) >= 11 is 1.49. The van der Waals surface area contributed by atoms with Crippen molar-refractivity contribution in [3.63, 3.8) is 0 Å². The monoisotopic (exact) mass is 375 g/mol. The molecule has 0 saturated heterocycles. The van der Waals surface area contributed by atoms with Crippen molar-refractivity contribution < 1.29 is 25.8 Å². The van der Waals surface area contributed by atoms with E-state index >= 15 is 0 Å². The molecule has 1 heterocycles. The molecule has 0 bridgehead atoms. The summed E-state index contributed by atoms with van der Waals surface area (Å²) in [5.74, 6) is -0.650. The maximum absolute atomic E-state index is 12.4. The lowest BCUT2D eigenvalue weighted by Crippen LogP contribution is -2.28. The molecule has 0 radical (unpaired) electrons. The van der Waals surface area contributed by atoms with Crippen LogP contribution in [0.5, 0.6) is 5.75 Å². The van der Waals surface area contributed by atoms with Gasteiger partial charge in [0.05, 0.1) is 5.56 Å². The maximum atomic E-state index is 12.4. The van der Waals surface area contributed by atoms with E-state index in [-0.39, 0.29) is 5.56 Å². The van der Waals surface area contributed by atoms with Gasteiger partial charge in [-0.3, -0.25) is 0 Å². The number of nitrogens with zero attached hydrogens (tertiary/aromatic N) is 1. The highest BCUT2D eigenvalue weighted by Crippen LogP contribution is 2.35. The highest BCUT2D eigenvalue weighted by Gasteiger charge is 2.48. The average molecular weight is 375 g/mol. The molecule has 0 aliphatic heterocycles. The first-order valence-electron chi connectivity index (χ1n) is 6.73. The molecule has 9 heteroatoms. The Bertz CT molecular complexity index is 909. The number of rotatable bonds is 4. The fourth-order valence-corrected chi connectivity index (χ4v) is 3.61. The lowest BCUT2D eigenvalue weighted by Gasteiger charge is -2.11. The molecule has 1 aromatic heterocycles. The van der Waals surface area contributed by atoms with E-state index in [1.54, 1.807) is 6.07 Å². The Morgan fingerprint density at radius 3 is 2.46 bits per heavy atom. The first-order chi connectivity index (χ1) is 11.1. The smallest absolute Gasteiger partial charge is 0.375 e. The van der Waals surface area contributed by atoms with Crippen LogP contribution in [0.1, 0.15) is 22.9 Å². The highest BCUT2D eigenvalue weighted by atomic mass is 32.2. The van der Waals surface area contributed by atoms with E-state index in [0.717, 1.165) is 27.8 Å². The topological polar surface area (TPSA) is 67.2 Å². The number of aryl methyl sites for hydroxylation is 2. The van der Waals surface area contributed by atoms with Crippen LogP contribution in [0.3, 0.4) is 0 Å². The van der Waals surface area contributed by atoms with Gasteiger partial charge in [-0.25, -0.2) is 0 Å². The third-order valence-electron chi connectivity index (χ3n) is 3.27. The molecule has 2 aromatic rings. The maximum Gasteiger partial charge on any atom is 0.534 e. The molecule has 0 spiro atoms. The summed E-state index contributed by atoms with van der Waals surface area (Å²) in [6, 6.07) is 7.39. The van der Waals surface area contributed by atoms with Crippen molar-refractivity contribution >= 4 is 21.5 Å². The second-order valence-corrected chi connectivity index (χ2v) is 7.65. The molecule has 0 saturated carbocycles. The minimum atomic E-state index is -5.82. The van der Waals surface area contributed by atoms with E-state index in [2.05, 4.69) is 4.18 Å². The van der Waals surface area contributed by atoms with Crippen LogP contribution in [0.4, 0.5) is 13.2 Å². The Morgan fingerprint density at radius 2 is 1.96 bits per heavy atom. The lowest BCUT2D eigenvalue weighted by molar-refractivity contribution is -0.0500. The molecule has 0 N–H and O–H groups in total. The molecule has 4 nitrogen and oxygen atoms in total. The van der Waals surface area contributed by atoms with Crippen molar-refractivity contribution in [2.24, 2.45) is 0 Å². The van der Waals surface area contributed by atoms with E-state index in [9.17, 15) is 21.6 Å². The molecule has 1 aromatic carbocycles. The molecule has 0 atom stereocenters. The van der Waals surface area contributed by atoms with Crippen LogP contribution in [-0.4, -0.2) is 13.9 Å². The van der Waals surface area contributed by atoms with Gasteiger partial charge in [-0.2, -0.15) is 26.9 Å². The normalized spacial score (nSPS) is 12.0. The van der Waals surface area contributed by atoms with Crippen molar-refractivity contribution in [1.29, 1.82) is 5.26 Å².